The van der Waals surface area contributed by atoms with Crippen LogP contribution in [0.4, 0.5) is 0 Å². The van der Waals surface area contributed by atoms with Crippen LogP contribution in [0.5, 0.6) is 0 Å². The fraction of sp³-hybridized carbons (Fsp3) is 0.348. The van der Waals surface area contributed by atoms with Crippen molar-refractivity contribution in [2.75, 3.05) is 39.8 Å². The number of likely N-dealkylation sites (N-methyl/N-ethyl adjacent to an activating group) is 1. The lowest BCUT2D eigenvalue weighted by Crippen LogP contribution is -2.43. The largest absolute Gasteiger partial charge is 0.479 e. The molecule has 1 saturated heterocycles. The molecule has 154 valence electrons. The second-order valence-electron chi connectivity index (χ2n) is 8.17. The zero-order valence-electron chi connectivity index (χ0n) is 17.1. The summed E-state index contributed by atoms with van der Waals surface area (Å²) in [4.78, 5) is 20.8. The van der Waals surface area contributed by atoms with Crippen LogP contribution in [0.1, 0.15) is 17.0 Å². The molecule has 7 heteroatoms. The van der Waals surface area contributed by atoms with E-state index in [2.05, 4.69) is 67.1 Å². The fourth-order valence-electron chi connectivity index (χ4n) is 4.16. The molecule has 30 heavy (non-hydrogen) atoms. The second-order valence-corrected chi connectivity index (χ2v) is 8.17. The summed E-state index contributed by atoms with van der Waals surface area (Å²) in [6.07, 6.45) is 5.64. The number of aliphatic imine (C=N–C) groups is 2. The number of nitrogens with zero attached hydrogens (tertiary/aromatic N) is 5. The highest BCUT2D eigenvalue weighted by Crippen LogP contribution is 2.29. The van der Waals surface area contributed by atoms with Gasteiger partial charge in [0.1, 0.15) is 5.65 Å². The molecule has 0 spiro atoms. The number of piperazine rings is 1. The van der Waals surface area contributed by atoms with Gasteiger partial charge in [0.25, 0.3) is 0 Å². The van der Waals surface area contributed by atoms with Crippen LogP contribution in [-0.4, -0.2) is 76.9 Å². The average Bonchev–Trinajstić information content (AvgIpc) is 3.20. The van der Waals surface area contributed by atoms with E-state index in [9.17, 15) is 5.11 Å². The van der Waals surface area contributed by atoms with Gasteiger partial charge in [0.2, 0.25) is 0 Å². The third kappa shape index (κ3) is 3.86. The summed E-state index contributed by atoms with van der Waals surface area (Å²) in [6, 6.07) is 10.8. The maximum absolute atomic E-state index is 9.39. The monoisotopic (exact) mass is 402 g/mol. The van der Waals surface area contributed by atoms with Crippen LogP contribution in [-0.2, 0) is 6.54 Å². The van der Waals surface area contributed by atoms with Crippen molar-refractivity contribution < 1.29 is 5.11 Å². The summed E-state index contributed by atoms with van der Waals surface area (Å²) in [7, 11) is 2.19. The molecule has 5 rings (SSSR count). The van der Waals surface area contributed by atoms with E-state index < -0.39 is 0 Å². The molecule has 2 aliphatic rings. The van der Waals surface area contributed by atoms with Crippen LogP contribution in [0.2, 0.25) is 0 Å². The minimum Gasteiger partial charge on any atom is -0.479 e. The molecule has 0 saturated carbocycles. The molecule has 0 aliphatic carbocycles. The van der Waals surface area contributed by atoms with Crippen molar-refractivity contribution in [3.05, 3.63) is 53.9 Å². The molecule has 1 fully saturated rings. The van der Waals surface area contributed by atoms with E-state index in [0.717, 1.165) is 60.4 Å². The van der Waals surface area contributed by atoms with Crippen LogP contribution < -0.4 is 0 Å². The number of amidine groups is 1. The van der Waals surface area contributed by atoms with E-state index in [4.69, 9.17) is 0 Å². The Hall–Kier alpha value is -3.03. The van der Waals surface area contributed by atoms with Gasteiger partial charge >= 0.3 is 6.02 Å². The average molecular weight is 403 g/mol. The zero-order valence-corrected chi connectivity index (χ0v) is 17.1. The van der Waals surface area contributed by atoms with Gasteiger partial charge in [-0.25, -0.2) is 15.0 Å². The first-order valence-electron chi connectivity index (χ1n) is 10.4. The van der Waals surface area contributed by atoms with Gasteiger partial charge in [-0.1, -0.05) is 24.3 Å². The number of nitrogens with one attached hydrogen (secondary N) is 1. The lowest BCUT2D eigenvalue weighted by atomic mass is 9.98. The molecule has 0 amide bonds. The Morgan fingerprint density at radius 2 is 1.90 bits per heavy atom. The maximum Gasteiger partial charge on any atom is 0.308 e. The van der Waals surface area contributed by atoms with Gasteiger partial charge in [0.05, 0.1) is 6.54 Å². The van der Waals surface area contributed by atoms with E-state index in [0.29, 0.717) is 6.54 Å². The van der Waals surface area contributed by atoms with Crippen molar-refractivity contribution in [1.82, 2.24) is 19.8 Å². The number of rotatable bonds is 4. The number of hydrogen-bond acceptors (Lipinski definition) is 5. The third-order valence-electron chi connectivity index (χ3n) is 6.05. The number of aliphatic hydroxyl groups is 1. The number of aliphatic hydroxyl groups excluding tert-OH is 1. The summed E-state index contributed by atoms with van der Waals surface area (Å²) >= 11 is 0. The Kier molecular flexibility index (Phi) is 5.06. The highest BCUT2D eigenvalue weighted by Gasteiger charge is 2.18. The number of benzene rings is 1. The molecule has 1 unspecified atom stereocenters. The van der Waals surface area contributed by atoms with Crippen LogP contribution in [0.25, 0.3) is 22.2 Å². The Morgan fingerprint density at radius 1 is 1.10 bits per heavy atom. The number of pyridine rings is 1. The number of aromatic amines is 1. The Morgan fingerprint density at radius 3 is 2.63 bits per heavy atom. The summed E-state index contributed by atoms with van der Waals surface area (Å²) in [6.45, 7) is 6.02. The highest BCUT2D eigenvalue weighted by atomic mass is 16.3. The normalized spacial score (nSPS) is 20.6. The summed E-state index contributed by atoms with van der Waals surface area (Å²) < 4.78 is 0. The Balaban J connectivity index is 1.35. The SMILES string of the molecule is CN1CCN(Cc2ccc(-c3cnc4[nH]cc(C5C=NC(O)=NC5)c4c3)cc2)CC1. The van der Waals surface area contributed by atoms with E-state index in [1.165, 1.54) is 5.56 Å². The number of fused-ring (bicyclic) bond motifs is 1. The summed E-state index contributed by atoms with van der Waals surface area (Å²) in [5.41, 5.74) is 5.55. The lowest BCUT2D eigenvalue weighted by Gasteiger charge is -2.32. The quantitative estimate of drug-likeness (QED) is 0.703. The molecular formula is C23H26N6O. The van der Waals surface area contributed by atoms with Gasteiger partial charge in [0, 0.05) is 68.2 Å². The predicted molar refractivity (Wildman–Crippen MR) is 120 cm³/mol. The summed E-state index contributed by atoms with van der Waals surface area (Å²) in [5, 5.41) is 10.5. The van der Waals surface area contributed by atoms with E-state index in [1.807, 2.05) is 12.4 Å². The zero-order chi connectivity index (χ0) is 20.5. The van der Waals surface area contributed by atoms with Gasteiger partial charge in [-0.2, -0.15) is 0 Å². The molecule has 1 aromatic carbocycles. The summed E-state index contributed by atoms with van der Waals surface area (Å²) in [5.74, 6) is 0.0395. The first-order valence-corrected chi connectivity index (χ1v) is 10.4. The van der Waals surface area contributed by atoms with Crippen molar-refractivity contribution in [2.24, 2.45) is 9.98 Å². The molecule has 0 bridgehead atoms. The second kappa shape index (κ2) is 8.01. The van der Waals surface area contributed by atoms with Crippen molar-refractivity contribution >= 4 is 23.3 Å². The molecule has 1 atom stereocenters. The van der Waals surface area contributed by atoms with E-state index >= 15 is 0 Å². The van der Waals surface area contributed by atoms with Crippen LogP contribution in [0, 0.1) is 0 Å². The molecule has 2 aliphatic heterocycles. The van der Waals surface area contributed by atoms with Gasteiger partial charge < -0.3 is 15.0 Å². The first-order chi connectivity index (χ1) is 14.7. The topological polar surface area (TPSA) is 80.1 Å². The standard InChI is InChI=1S/C23H26N6O/c1-28-6-8-29(9-7-28)15-16-2-4-17(5-3-16)18-10-20-21(14-25-22(20)24-11-18)19-12-26-23(30)27-13-19/h2-5,10-12,14,19H,6-9,13,15H2,1H3,(H,24,25)(H,27,30). The number of hydrogen-bond donors (Lipinski definition) is 2. The van der Waals surface area contributed by atoms with Gasteiger partial charge in [-0.05, 0) is 29.8 Å². The minimum absolute atomic E-state index is 0.0395. The molecule has 3 aromatic rings. The minimum atomic E-state index is -0.151. The van der Waals surface area contributed by atoms with Crippen LogP contribution in [0.3, 0.4) is 0 Å². The molecule has 2 aromatic heterocycles. The predicted octanol–water partition coefficient (Wildman–Crippen LogP) is 3.06. The van der Waals surface area contributed by atoms with E-state index in [1.54, 1.807) is 6.21 Å². The molecular weight excluding hydrogens is 376 g/mol. The Bertz CT molecular complexity index is 1090. The van der Waals surface area contributed by atoms with Crippen molar-refractivity contribution in [3.8, 4) is 11.1 Å². The van der Waals surface area contributed by atoms with E-state index in [-0.39, 0.29) is 11.9 Å². The smallest absolute Gasteiger partial charge is 0.308 e. The Labute approximate surface area is 175 Å². The van der Waals surface area contributed by atoms with Gasteiger partial charge in [-0.15, -0.1) is 0 Å². The highest BCUT2D eigenvalue weighted by molar-refractivity contribution is 5.92. The van der Waals surface area contributed by atoms with Crippen LogP contribution >= 0.6 is 0 Å². The number of H-pyrrole nitrogens is 1. The fourth-order valence-corrected chi connectivity index (χ4v) is 4.16. The molecule has 7 nitrogen and oxygen atoms in total. The molecule has 4 heterocycles. The number of aromatic nitrogens is 2. The van der Waals surface area contributed by atoms with Crippen molar-refractivity contribution in [2.45, 2.75) is 12.5 Å². The van der Waals surface area contributed by atoms with Crippen molar-refractivity contribution in [1.29, 1.82) is 0 Å². The molecule has 0 radical (unpaired) electrons. The van der Waals surface area contributed by atoms with Crippen molar-refractivity contribution in [3.63, 3.8) is 0 Å². The first kappa shape index (κ1) is 19.0. The van der Waals surface area contributed by atoms with Gasteiger partial charge in [-0.3, -0.25) is 4.90 Å². The lowest BCUT2D eigenvalue weighted by molar-refractivity contribution is 0.148. The van der Waals surface area contributed by atoms with Crippen LogP contribution in [0.15, 0.2) is 52.7 Å². The third-order valence-corrected chi connectivity index (χ3v) is 6.05. The molecule has 2 N–H and O–H groups in total. The van der Waals surface area contributed by atoms with Gasteiger partial charge in [0.15, 0.2) is 0 Å². The maximum atomic E-state index is 9.39.